The molecule has 0 bridgehead atoms. The van der Waals surface area contributed by atoms with Gasteiger partial charge in [0, 0.05) is 5.69 Å². The summed E-state index contributed by atoms with van der Waals surface area (Å²) in [7, 11) is 0. The van der Waals surface area contributed by atoms with Gasteiger partial charge < -0.3 is 11.5 Å². The first kappa shape index (κ1) is 12.0. The number of nitrogen functional groups attached to an aromatic ring is 2. The minimum Gasteiger partial charge on any atom is -0.399 e. The molecule has 0 radical (unpaired) electrons. The van der Waals surface area contributed by atoms with Crippen LogP contribution in [0.15, 0.2) is 24.4 Å². The first-order valence-corrected chi connectivity index (χ1v) is 5.25. The summed E-state index contributed by atoms with van der Waals surface area (Å²) in [5.41, 5.74) is 11.9. The van der Waals surface area contributed by atoms with Crippen LogP contribution in [0.25, 0.3) is 0 Å². The number of carbonyl (C=O) groups is 1. The lowest BCUT2D eigenvalue weighted by Crippen LogP contribution is -2.17. The predicted octanol–water partition coefficient (Wildman–Crippen LogP) is 1.26. The lowest BCUT2D eigenvalue weighted by molar-refractivity contribution is 0.0948. The van der Waals surface area contributed by atoms with Crippen LogP contribution in [0.4, 0.5) is 11.5 Å². The molecule has 0 aliphatic rings. The van der Waals surface area contributed by atoms with E-state index in [1.807, 2.05) is 6.07 Å². The number of nitriles is 1. The Morgan fingerprint density at radius 2 is 2.17 bits per heavy atom. The van der Waals surface area contributed by atoms with Crippen LogP contribution in [0, 0.1) is 11.3 Å². The Balaban J connectivity index is 2.52. The van der Waals surface area contributed by atoms with Crippen LogP contribution in [-0.2, 0) is 0 Å². The normalized spacial score (nSPS) is 10.0. The second-order valence-electron chi connectivity index (χ2n) is 3.51. The van der Waals surface area contributed by atoms with Gasteiger partial charge >= 0.3 is 0 Å². The molecule has 0 aliphatic carbocycles. The Kier molecular flexibility index (Phi) is 2.92. The predicted molar refractivity (Wildman–Crippen MR) is 66.9 cm³/mol. The van der Waals surface area contributed by atoms with E-state index in [1.54, 1.807) is 6.07 Å². The van der Waals surface area contributed by atoms with Gasteiger partial charge in [0.25, 0.3) is 5.91 Å². The Morgan fingerprint density at radius 3 is 2.78 bits per heavy atom. The van der Waals surface area contributed by atoms with E-state index in [9.17, 15) is 4.79 Å². The molecule has 0 fully saturated rings. The van der Waals surface area contributed by atoms with Crippen molar-refractivity contribution in [3.63, 3.8) is 0 Å². The van der Waals surface area contributed by atoms with Gasteiger partial charge in [-0.05, 0) is 18.2 Å². The SMILES string of the molecule is N#Cc1cnn(C(=O)c2cc(N)ccc2Cl)c1N. The zero-order valence-corrected chi connectivity index (χ0v) is 9.85. The summed E-state index contributed by atoms with van der Waals surface area (Å²) in [5, 5.41) is 12.7. The maximum atomic E-state index is 12.1. The molecular weight excluding hydrogens is 254 g/mol. The number of benzene rings is 1. The summed E-state index contributed by atoms with van der Waals surface area (Å²) < 4.78 is 0.916. The molecule has 1 aromatic carbocycles. The highest BCUT2D eigenvalue weighted by Crippen LogP contribution is 2.21. The molecule has 2 aromatic rings. The Labute approximate surface area is 107 Å². The zero-order valence-electron chi connectivity index (χ0n) is 9.09. The molecule has 0 aliphatic heterocycles. The minimum absolute atomic E-state index is 0.0269. The van der Waals surface area contributed by atoms with E-state index in [0.29, 0.717) is 5.69 Å². The van der Waals surface area contributed by atoms with Crippen molar-refractivity contribution < 1.29 is 4.79 Å². The monoisotopic (exact) mass is 261 g/mol. The highest BCUT2D eigenvalue weighted by molar-refractivity contribution is 6.34. The van der Waals surface area contributed by atoms with Gasteiger partial charge in [-0.25, -0.2) is 0 Å². The van der Waals surface area contributed by atoms with Crippen LogP contribution in [0.3, 0.4) is 0 Å². The van der Waals surface area contributed by atoms with E-state index < -0.39 is 5.91 Å². The maximum Gasteiger partial charge on any atom is 0.281 e. The Bertz CT molecular complexity index is 671. The molecule has 2 rings (SSSR count). The maximum absolute atomic E-state index is 12.1. The van der Waals surface area contributed by atoms with E-state index in [2.05, 4.69) is 5.10 Å². The molecule has 1 heterocycles. The van der Waals surface area contributed by atoms with Gasteiger partial charge in [-0.2, -0.15) is 15.0 Å². The van der Waals surface area contributed by atoms with Crippen molar-refractivity contribution in [2.75, 3.05) is 11.5 Å². The third-order valence-electron chi connectivity index (χ3n) is 2.34. The lowest BCUT2D eigenvalue weighted by atomic mass is 10.2. The fraction of sp³-hybridized carbons (Fsp3) is 0. The molecule has 0 saturated carbocycles. The molecule has 0 saturated heterocycles. The summed E-state index contributed by atoms with van der Waals surface area (Å²) in [6.07, 6.45) is 1.22. The molecule has 90 valence electrons. The number of rotatable bonds is 1. The third kappa shape index (κ3) is 1.87. The summed E-state index contributed by atoms with van der Waals surface area (Å²) in [6.45, 7) is 0. The molecule has 6 nitrogen and oxygen atoms in total. The average Bonchev–Trinajstić information content (AvgIpc) is 2.72. The summed E-state index contributed by atoms with van der Waals surface area (Å²) in [6, 6.07) is 6.34. The van der Waals surface area contributed by atoms with E-state index in [1.165, 1.54) is 18.3 Å². The minimum atomic E-state index is -0.536. The van der Waals surface area contributed by atoms with Gasteiger partial charge in [0.1, 0.15) is 17.5 Å². The van der Waals surface area contributed by atoms with Crippen LogP contribution >= 0.6 is 11.6 Å². The Morgan fingerprint density at radius 1 is 1.44 bits per heavy atom. The Hall–Kier alpha value is -2.52. The summed E-state index contributed by atoms with van der Waals surface area (Å²) in [5.74, 6) is -0.563. The second-order valence-corrected chi connectivity index (χ2v) is 3.92. The molecule has 0 spiro atoms. The highest BCUT2D eigenvalue weighted by atomic mass is 35.5. The van der Waals surface area contributed by atoms with Crippen molar-refractivity contribution >= 4 is 29.0 Å². The van der Waals surface area contributed by atoms with Crippen LogP contribution in [0.2, 0.25) is 5.02 Å². The van der Waals surface area contributed by atoms with Crippen molar-refractivity contribution in [1.29, 1.82) is 5.26 Å². The van der Waals surface area contributed by atoms with Crippen LogP contribution < -0.4 is 11.5 Å². The zero-order chi connectivity index (χ0) is 13.3. The first-order valence-electron chi connectivity index (χ1n) is 4.88. The number of anilines is 2. The highest BCUT2D eigenvalue weighted by Gasteiger charge is 2.18. The molecule has 0 atom stereocenters. The van der Waals surface area contributed by atoms with Crippen LogP contribution in [-0.4, -0.2) is 15.7 Å². The molecule has 7 heteroatoms. The topological polar surface area (TPSA) is 111 Å². The largest absolute Gasteiger partial charge is 0.399 e. The third-order valence-corrected chi connectivity index (χ3v) is 2.67. The molecule has 18 heavy (non-hydrogen) atoms. The van der Waals surface area contributed by atoms with Crippen molar-refractivity contribution in [2.24, 2.45) is 0 Å². The van der Waals surface area contributed by atoms with E-state index in [0.717, 1.165) is 4.68 Å². The fourth-order valence-corrected chi connectivity index (χ4v) is 1.63. The van der Waals surface area contributed by atoms with Gasteiger partial charge in [0.05, 0.1) is 16.8 Å². The standard InChI is InChI=1S/C11H8ClN5O/c12-9-2-1-7(14)3-8(9)11(18)17-10(15)6(4-13)5-16-17/h1-3,5H,14-15H2. The molecule has 4 N–H and O–H groups in total. The number of nitrogens with zero attached hydrogens (tertiary/aromatic N) is 3. The van der Waals surface area contributed by atoms with Crippen molar-refractivity contribution in [1.82, 2.24) is 9.78 Å². The fourth-order valence-electron chi connectivity index (χ4n) is 1.43. The summed E-state index contributed by atoms with van der Waals surface area (Å²) >= 11 is 5.91. The number of nitrogens with two attached hydrogens (primary N) is 2. The number of hydrogen-bond donors (Lipinski definition) is 2. The van der Waals surface area contributed by atoms with Crippen LogP contribution in [0.5, 0.6) is 0 Å². The van der Waals surface area contributed by atoms with Gasteiger partial charge in [0.15, 0.2) is 0 Å². The number of hydrogen-bond acceptors (Lipinski definition) is 5. The number of halogens is 1. The second kappa shape index (κ2) is 4.39. The molecular formula is C11H8ClN5O. The van der Waals surface area contributed by atoms with Gasteiger partial charge in [-0.15, -0.1) is 0 Å². The lowest BCUT2D eigenvalue weighted by Gasteiger charge is -2.05. The molecule has 1 aromatic heterocycles. The molecule has 0 unspecified atom stereocenters. The van der Waals surface area contributed by atoms with E-state index >= 15 is 0 Å². The van der Waals surface area contributed by atoms with Gasteiger partial charge in [-0.3, -0.25) is 4.79 Å². The van der Waals surface area contributed by atoms with E-state index in [-0.39, 0.29) is 22.0 Å². The first-order chi connectivity index (χ1) is 8.54. The smallest absolute Gasteiger partial charge is 0.281 e. The van der Waals surface area contributed by atoms with Crippen LogP contribution in [0.1, 0.15) is 15.9 Å². The number of carbonyl (C=O) groups excluding carboxylic acids is 1. The summed E-state index contributed by atoms with van der Waals surface area (Å²) in [4.78, 5) is 12.1. The van der Waals surface area contributed by atoms with Gasteiger partial charge in [0.2, 0.25) is 0 Å². The van der Waals surface area contributed by atoms with Crippen molar-refractivity contribution in [2.45, 2.75) is 0 Å². The van der Waals surface area contributed by atoms with E-state index in [4.69, 9.17) is 28.3 Å². The average molecular weight is 262 g/mol. The number of aromatic nitrogens is 2. The van der Waals surface area contributed by atoms with Gasteiger partial charge in [-0.1, -0.05) is 11.6 Å². The molecule has 0 amide bonds. The van der Waals surface area contributed by atoms with Crippen molar-refractivity contribution in [3.05, 3.63) is 40.5 Å². The quantitative estimate of drug-likeness (QED) is 0.751. The van der Waals surface area contributed by atoms with Crippen molar-refractivity contribution in [3.8, 4) is 6.07 Å².